The summed E-state index contributed by atoms with van der Waals surface area (Å²) < 4.78 is 0. The molecule has 24 heavy (non-hydrogen) atoms. The summed E-state index contributed by atoms with van der Waals surface area (Å²) in [6, 6.07) is 0.508. The maximum absolute atomic E-state index is 9.14. The molecule has 0 bridgehead atoms. The Bertz CT molecular complexity index is 332. The lowest BCUT2D eigenvalue weighted by Crippen LogP contribution is -2.58. The van der Waals surface area contributed by atoms with Gasteiger partial charge in [-0.1, -0.05) is 0 Å². The molecule has 2 aliphatic rings. The molecule has 0 aliphatic carbocycles. The summed E-state index contributed by atoms with van der Waals surface area (Å²) in [5.41, 5.74) is 0.367. The molecule has 2 fully saturated rings. The fraction of sp³-hybridized carbons (Fsp3) is 0.875. The number of nitrogens with zero attached hydrogens (tertiary/aromatic N) is 2. The Labute approximate surface area is 144 Å². The minimum absolute atomic E-state index is 0.250. The van der Waals surface area contributed by atoms with E-state index in [2.05, 4.69) is 29.1 Å². The molecule has 0 aromatic carbocycles. The maximum Gasteiger partial charge on any atom is 0.290 e. The van der Waals surface area contributed by atoms with Crippen LogP contribution in [0.2, 0.25) is 0 Å². The van der Waals surface area contributed by atoms with Crippen LogP contribution < -0.4 is 5.32 Å². The summed E-state index contributed by atoms with van der Waals surface area (Å²) in [6.07, 6.45) is 4.66. The first-order chi connectivity index (χ1) is 11.5. The number of likely N-dealkylation sites (N-methyl/N-ethyl adjacent to an activating group) is 1. The first-order valence-corrected chi connectivity index (χ1v) is 8.44. The van der Waals surface area contributed by atoms with Gasteiger partial charge in [0.2, 0.25) is 0 Å². The molecule has 0 aromatic rings. The van der Waals surface area contributed by atoms with Crippen molar-refractivity contribution in [3.63, 3.8) is 0 Å². The number of carbonyl (C=O) groups is 2. The fourth-order valence-corrected chi connectivity index (χ4v) is 3.50. The zero-order valence-corrected chi connectivity index (χ0v) is 14.9. The van der Waals surface area contributed by atoms with Crippen molar-refractivity contribution < 1.29 is 24.9 Å². The summed E-state index contributed by atoms with van der Waals surface area (Å²) in [7, 11) is 2.30. The normalized spacial score (nSPS) is 22.1. The number of nitrogens with one attached hydrogen (secondary N) is 1. The summed E-state index contributed by atoms with van der Waals surface area (Å²) in [5.74, 6) is 0. The Hall–Kier alpha value is -1.22. The second kappa shape index (κ2) is 13.1. The zero-order chi connectivity index (χ0) is 18.4. The van der Waals surface area contributed by atoms with Crippen LogP contribution in [0.4, 0.5) is 0 Å². The molecule has 1 spiro atoms. The number of rotatable bonds is 3. The Balaban J connectivity index is 0.000000772. The Morgan fingerprint density at radius 3 is 2.21 bits per heavy atom. The fourth-order valence-electron chi connectivity index (χ4n) is 3.50. The van der Waals surface area contributed by atoms with Gasteiger partial charge in [-0.3, -0.25) is 19.4 Å². The number of hydrogen-bond donors (Lipinski definition) is 4. The first kappa shape index (κ1) is 22.8. The van der Waals surface area contributed by atoms with Gasteiger partial charge in [-0.05, 0) is 65.8 Å². The van der Waals surface area contributed by atoms with Crippen LogP contribution in [0.1, 0.15) is 32.6 Å². The van der Waals surface area contributed by atoms with Gasteiger partial charge in [-0.15, -0.1) is 0 Å². The minimum Gasteiger partial charge on any atom is -0.483 e. The van der Waals surface area contributed by atoms with Crippen LogP contribution in [0.15, 0.2) is 0 Å². The summed E-state index contributed by atoms with van der Waals surface area (Å²) in [6.45, 7) is 7.92. The van der Waals surface area contributed by atoms with Gasteiger partial charge >= 0.3 is 0 Å². The highest BCUT2D eigenvalue weighted by Gasteiger charge is 2.39. The maximum atomic E-state index is 9.14. The van der Waals surface area contributed by atoms with Crippen molar-refractivity contribution in [1.29, 1.82) is 0 Å². The monoisotopic (exact) mass is 347 g/mol. The van der Waals surface area contributed by atoms with Gasteiger partial charge in [0.25, 0.3) is 12.9 Å². The van der Waals surface area contributed by atoms with E-state index in [1.54, 1.807) is 0 Å². The molecule has 0 amide bonds. The van der Waals surface area contributed by atoms with E-state index < -0.39 is 0 Å². The number of aliphatic hydroxyl groups excluding tert-OH is 1. The molecule has 0 aromatic heterocycles. The van der Waals surface area contributed by atoms with Gasteiger partial charge < -0.3 is 20.6 Å². The zero-order valence-electron chi connectivity index (χ0n) is 14.9. The molecule has 8 heteroatoms. The van der Waals surface area contributed by atoms with Crippen LogP contribution in [0.25, 0.3) is 0 Å². The summed E-state index contributed by atoms with van der Waals surface area (Å²) >= 11 is 0. The van der Waals surface area contributed by atoms with Gasteiger partial charge in [0.05, 0.1) is 0 Å². The molecule has 2 rings (SSSR count). The van der Waals surface area contributed by atoms with Crippen LogP contribution in [-0.2, 0) is 9.59 Å². The Morgan fingerprint density at radius 2 is 1.71 bits per heavy atom. The second-order valence-electron chi connectivity index (χ2n) is 6.29. The molecule has 2 aliphatic heterocycles. The van der Waals surface area contributed by atoms with Crippen LogP contribution in [-0.4, -0.2) is 96.0 Å². The molecule has 0 saturated carbocycles. The molecule has 1 atom stereocenters. The van der Waals surface area contributed by atoms with E-state index in [4.69, 9.17) is 24.9 Å². The van der Waals surface area contributed by atoms with Crippen molar-refractivity contribution in [3.8, 4) is 0 Å². The summed E-state index contributed by atoms with van der Waals surface area (Å²) in [5, 5.41) is 26.4. The smallest absolute Gasteiger partial charge is 0.290 e. The summed E-state index contributed by atoms with van der Waals surface area (Å²) in [4.78, 5) is 21.9. The quantitative estimate of drug-likeness (QED) is 0.524. The molecule has 0 radical (unpaired) electrons. The lowest BCUT2D eigenvalue weighted by atomic mass is 9.86. The molecule has 1 unspecified atom stereocenters. The van der Waals surface area contributed by atoms with E-state index in [1.165, 1.54) is 38.9 Å². The Morgan fingerprint density at radius 1 is 1.17 bits per heavy atom. The van der Waals surface area contributed by atoms with E-state index in [1.807, 2.05) is 0 Å². The number of aliphatic hydroxyl groups is 1. The third-order valence-electron chi connectivity index (χ3n) is 4.95. The van der Waals surface area contributed by atoms with Crippen LogP contribution >= 0.6 is 0 Å². The van der Waals surface area contributed by atoms with Gasteiger partial charge in [0.15, 0.2) is 0 Å². The highest BCUT2D eigenvalue weighted by atomic mass is 16.3. The van der Waals surface area contributed by atoms with E-state index in [0.717, 1.165) is 19.5 Å². The number of piperidine rings is 1. The molecular formula is C16H33N3O5. The third-order valence-corrected chi connectivity index (χ3v) is 4.95. The number of carboxylic acid groups (broad SMARTS) is 2. The molecule has 2 heterocycles. The van der Waals surface area contributed by atoms with Crippen molar-refractivity contribution in [2.45, 2.75) is 44.2 Å². The van der Waals surface area contributed by atoms with E-state index >= 15 is 0 Å². The van der Waals surface area contributed by atoms with Crippen molar-refractivity contribution in [2.75, 3.05) is 46.4 Å². The molecule has 142 valence electrons. The van der Waals surface area contributed by atoms with Gasteiger partial charge in [0.1, 0.15) is 0 Å². The largest absolute Gasteiger partial charge is 0.483 e. The average molecular weight is 347 g/mol. The lowest BCUT2D eigenvalue weighted by molar-refractivity contribution is -0.123. The SMILES string of the molecule is CC(CCO)N1CCCN(C)C2(CCNCC2)C1.O=CO.O=CO. The van der Waals surface area contributed by atoms with Crippen LogP contribution in [0, 0.1) is 0 Å². The molecule has 4 N–H and O–H groups in total. The van der Waals surface area contributed by atoms with Crippen molar-refractivity contribution in [2.24, 2.45) is 0 Å². The molecule has 2 saturated heterocycles. The van der Waals surface area contributed by atoms with Crippen molar-refractivity contribution in [3.05, 3.63) is 0 Å². The van der Waals surface area contributed by atoms with Gasteiger partial charge in [-0.2, -0.15) is 0 Å². The lowest BCUT2D eigenvalue weighted by Gasteiger charge is -2.46. The van der Waals surface area contributed by atoms with Crippen molar-refractivity contribution >= 4 is 12.9 Å². The van der Waals surface area contributed by atoms with Crippen LogP contribution in [0.3, 0.4) is 0 Å². The minimum atomic E-state index is -0.250. The van der Waals surface area contributed by atoms with E-state index in [0.29, 0.717) is 18.2 Å². The number of hydrogen-bond acceptors (Lipinski definition) is 6. The van der Waals surface area contributed by atoms with Gasteiger partial charge in [0, 0.05) is 24.7 Å². The second-order valence-corrected chi connectivity index (χ2v) is 6.29. The highest BCUT2D eigenvalue weighted by molar-refractivity contribution is 5.33. The average Bonchev–Trinajstić information content (AvgIpc) is 2.70. The first-order valence-electron chi connectivity index (χ1n) is 8.44. The standard InChI is InChI=1S/C14H29N3O.2CH2O2/c1-13(4-11-18)17-10-3-9-16(2)14(12-17)5-7-15-8-6-14;2*2-1-3/h13,15,18H,3-12H2,1-2H3;2*1H,(H,2,3). The Kier molecular flexibility index (Phi) is 12.4. The highest BCUT2D eigenvalue weighted by Crippen LogP contribution is 2.29. The third kappa shape index (κ3) is 7.57. The van der Waals surface area contributed by atoms with E-state index in [9.17, 15) is 0 Å². The topological polar surface area (TPSA) is 113 Å². The molecule has 8 nitrogen and oxygen atoms in total. The molecular weight excluding hydrogens is 314 g/mol. The van der Waals surface area contributed by atoms with Gasteiger partial charge in [-0.25, -0.2) is 0 Å². The predicted octanol–water partition coefficient (Wildman–Crippen LogP) is -0.0814. The van der Waals surface area contributed by atoms with Crippen LogP contribution in [0.5, 0.6) is 0 Å². The van der Waals surface area contributed by atoms with Crippen molar-refractivity contribution in [1.82, 2.24) is 15.1 Å². The van der Waals surface area contributed by atoms with E-state index in [-0.39, 0.29) is 12.9 Å². The predicted molar refractivity (Wildman–Crippen MR) is 92.2 cm³/mol.